The average Bonchev–Trinajstić information content (AvgIpc) is 2.88. The highest BCUT2D eigenvalue weighted by Gasteiger charge is 2.13. The van der Waals surface area contributed by atoms with Crippen LogP contribution in [0.25, 0.3) is 11.3 Å². The predicted octanol–water partition coefficient (Wildman–Crippen LogP) is 3.23. The third-order valence-corrected chi connectivity index (χ3v) is 4.09. The fourth-order valence-corrected chi connectivity index (χ4v) is 2.82. The van der Waals surface area contributed by atoms with E-state index in [4.69, 9.17) is 5.73 Å². The second kappa shape index (κ2) is 6.61. The van der Waals surface area contributed by atoms with Crippen molar-refractivity contribution in [2.45, 2.75) is 26.3 Å². The van der Waals surface area contributed by atoms with E-state index >= 15 is 0 Å². The van der Waals surface area contributed by atoms with E-state index in [2.05, 4.69) is 28.4 Å². The first kappa shape index (κ1) is 13.9. The lowest BCUT2D eigenvalue weighted by Crippen LogP contribution is -2.07. The van der Waals surface area contributed by atoms with Crippen LogP contribution in [0.2, 0.25) is 0 Å². The highest BCUT2D eigenvalue weighted by Crippen LogP contribution is 2.28. The fraction of sp³-hybridized carbons (Fsp3) is 0.429. The number of nitrogens with zero attached hydrogens (tertiary/aromatic N) is 3. The molecule has 1 unspecified atom stereocenters. The van der Waals surface area contributed by atoms with Gasteiger partial charge < -0.3 is 10.3 Å². The fourth-order valence-electron chi connectivity index (χ4n) is 2.02. The van der Waals surface area contributed by atoms with Crippen molar-refractivity contribution < 1.29 is 0 Å². The van der Waals surface area contributed by atoms with Crippen molar-refractivity contribution in [1.82, 2.24) is 14.5 Å². The highest BCUT2D eigenvalue weighted by atomic mass is 32.2. The molecule has 0 bridgehead atoms. The van der Waals surface area contributed by atoms with Gasteiger partial charge in [0.2, 0.25) is 0 Å². The number of hydrogen-bond acceptors (Lipinski definition) is 4. The molecular weight excluding hydrogens is 256 g/mol. The van der Waals surface area contributed by atoms with Crippen LogP contribution in [0.1, 0.15) is 26.3 Å². The summed E-state index contributed by atoms with van der Waals surface area (Å²) < 4.78 is 2.18. The Morgan fingerprint density at radius 1 is 1.37 bits per heavy atom. The summed E-state index contributed by atoms with van der Waals surface area (Å²) in [6, 6.07) is 2.24. The molecule has 0 amide bonds. The smallest absolute Gasteiger partial charge is 0.0953 e. The van der Waals surface area contributed by atoms with Crippen molar-refractivity contribution in [3.05, 3.63) is 31.0 Å². The maximum Gasteiger partial charge on any atom is 0.0953 e. The number of imidazole rings is 1. The molecule has 2 aromatic heterocycles. The zero-order valence-corrected chi connectivity index (χ0v) is 12.2. The number of nitrogen functional groups attached to an aromatic ring is 1. The molecule has 2 N–H and O–H groups in total. The summed E-state index contributed by atoms with van der Waals surface area (Å²) in [5.74, 6) is 2.33. The molecule has 4 nitrogen and oxygen atoms in total. The van der Waals surface area contributed by atoms with Gasteiger partial charge in [-0.25, -0.2) is 4.98 Å². The van der Waals surface area contributed by atoms with Crippen LogP contribution < -0.4 is 5.73 Å². The predicted molar refractivity (Wildman–Crippen MR) is 82.2 cm³/mol. The molecule has 2 rings (SSSR count). The molecule has 0 aliphatic rings. The minimum atomic E-state index is 0.413. The van der Waals surface area contributed by atoms with Gasteiger partial charge in [0.1, 0.15) is 0 Å². The van der Waals surface area contributed by atoms with Gasteiger partial charge in [-0.3, -0.25) is 4.98 Å². The first-order chi connectivity index (χ1) is 9.24. The Morgan fingerprint density at radius 2 is 2.21 bits per heavy atom. The van der Waals surface area contributed by atoms with Crippen LogP contribution in [0.3, 0.4) is 0 Å². The summed E-state index contributed by atoms with van der Waals surface area (Å²) in [5.41, 5.74) is 8.75. The Balaban J connectivity index is 2.20. The monoisotopic (exact) mass is 276 g/mol. The molecule has 2 heterocycles. The standard InChI is InChI=1S/C14H20N4S/c1-3-19-7-5-11(2)18-10-17-9-14(18)12-8-16-6-4-13(12)15/h4,6,8-11H,3,5,7H2,1-2H3,(H2,15,16). The molecule has 5 heteroatoms. The summed E-state index contributed by atoms with van der Waals surface area (Å²) in [4.78, 5) is 8.41. The van der Waals surface area contributed by atoms with Crippen LogP contribution >= 0.6 is 11.8 Å². The Bertz CT molecular complexity index is 524. The molecule has 19 heavy (non-hydrogen) atoms. The van der Waals surface area contributed by atoms with Gasteiger partial charge in [0.05, 0.1) is 18.2 Å². The van der Waals surface area contributed by atoms with Crippen LogP contribution in [0.15, 0.2) is 31.0 Å². The average molecular weight is 276 g/mol. The Kier molecular flexibility index (Phi) is 4.85. The first-order valence-electron chi connectivity index (χ1n) is 6.53. The number of rotatable bonds is 6. The molecule has 102 valence electrons. The van der Waals surface area contributed by atoms with Crippen molar-refractivity contribution in [2.24, 2.45) is 0 Å². The Morgan fingerprint density at radius 3 is 2.95 bits per heavy atom. The molecule has 0 saturated carbocycles. The highest BCUT2D eigenvalue weighted by molar-refractivity contribution is 7.99. The minimum Gasteiger partial charge on any atom is -0.398 e. The zero-order chi connectivity index (χ0) is 13.7. The molecule has 1 atom stereocenters. The summed E-state index contributed by atoms with van der Waals surface area (Å²) in [5, 5.41) is 0. The zero-order valence-electron chi connectivity index (χ0n) is 11.4. The first-order valence-corrected chi connectivity index (χ1v) is 7.69. The van der Waals surface area contributed by atoms with Crippen molar-refractivity contribution in [3.8, 4) is 11.3 Å². The van der Waals surface area contributed by atoms with Gasteiger partial charge in [-0.05, 0) is 30.9 Å². The van der Waals surface area contributed by atoms with Gasteiger partial charge in [0.15, 0.2) is 0 Å². The second-order valence-corrected chi connectivity index (χ2v) is 5.88. The van der Waals surface area contributed by atoms with Crippen LogP contribution in [0.4, 0.5) is 5.69 Å². The third-order valence-electron chi connectivity index (χ3n) is 3.16. The number of nitrogens with two attached hydrogens (primary N) is 1. The summed E-state index contributed by atoms with van der Waals surface area (Å²) >= 11 is 1.97. The molecule has 2 aromatic rings. The molecule has 0 saturated heterocycles. The number of thioether (sulfide) groups is 1. The van der Waals surface area contributed by atoms with Crippen LogP contribution in [-0.2, 0) is 0 Å². The van der Waals surface area contributed by atoms with E-state index in [0.717, 1.165) is 29.1 Å². The van der Waals surface area contributed by atoms with Gasteiger partial charge in [0.25, 0.3) is 0 Å². The lowest BCUT2D eigenvalue weighted by atomic mass is 10.1. The lowest BCUT2D eigenvalue weighted by molar-refractivity contribution is 0.539. The summed E-state index contributed by atoms with van der Waals surface area (Å²) in [6.45, 7) is 4.41. The van der Waals surface area contributed by atoms with E-state index in [9.17, 15) is 0 Å². The third kappa shape index (κ3) is 3.29. The molecule has 0 aliphatic heterocycles. The molecule has 0 aliphatic carbocycles. The molecule has 0 fully saturated rings. The van der Waals surface area contributed by atoms with E-state index in [1.165, 1.54) is 5.75 Å². The quantitative estimate of drug-likeness (QED) is 0.823. The number of pyridine rings is 1. The van der Waals surface area contributed by atoms with Gasteiger partial charge in [0, 0.05) is 29.7 Å². The lowest BCUT2D eigenvalue weighted by Gasteiger charge is -2.17. The summed E-state index contributed by atoms with van der Waals surface area (Å²) in [7, 11) is 0. The maximum atomic E-state index is 6.02. The summed E-state index contributed by atoms with van der Waals surface area (Å²) in [6.07, 6.45) is 8.37. The van der Waals surface area contributed by atoms with Gasteiger partial charge in [-0.1, -0.05) is 6.92 Å². The van der Waals surface area contributed by atoms with E-state index < -0.39 is 0 Å². The normalized spacial score (nSPS) is 12.5. The van der Waals surface area contributed by atoms with E-state index in [-0.39, 0.29) is 0 Å². The number of aromatic nitrogens is 3. The molecular formula is C14H20N4S. The molecule has 0 radical (unpaired) electrons. The number of anilines is 1. The Hall–Kier alpha value is -1.49. The van der Waals surface area contributed by atoms with Crippen LogP contribution in [0, 0.1) is 0 Å². The van der Waals surface area contributed by atoms with E-state index in [1.807, 2.05) is 30.4 Å². The van der Waals surface area contributed by atoms with Crippen LogP contribution in [0.5, 0.6) is 0 Å². The Labute approximate surface area is 118 Å². The SMILES string of the molecule is CCSCCC(C)n1cncc1-c1cnccc1N. The molecule has 0 aromatic carbocycles. The van der Waals surface area contributed by atoms with Crippen LogP contribution in [-0.4, -0.2) is 26.0 Å². The largest absolute Gasteiger partial charge is 0.398 e. The number of hydrogen-bond donors (Lipinski definition) is 1. The van der Waals surface area contributed by atoms with Gasteiger partial charge in [-0.2, -0.15) is 11.8 Å². The van der Waals surface area contributed by atoms with Crippen molar-refractivity contribution >= 4 is 17.4 Å². The van der Waals surface area contributed by atoms with Gasteiger partial charge in [-0.15, -0.1) is 0 Å². The van der Waals surface area contributed by atoms with Gasteiger partial charge >= 0.3 is 0 Å². The molecule has 0 spiro atoms. The van der Waals surface area contributed by atoms with E-state index in [0.29, 0.717) is 6.04 Å². The second-order valence-electron chi connectivity index (χ2n) is 4.48. The minimum absolute atomic E-state index is 0.413. The van der Waals surface area contributed by atoms with Crippen molar-refractivity contribution in [3.63, 3.8) is 0 Å². The van der Waals surface area contributed by atoms with Crippen molar-refractivity contribution in [1.29, 1.82) is 0 Å². The van der Waals surface area contributed by atoms with E-state index in [1.54, 1.807) is 12.4 Å². The topological polar surface area (TPSA) is 56.7 Å². The maximum absolute atomic E-state index is 6.02. The van der Waals surface area contributed by atoms with Crippen molar-refractivity contribution in [2.75, 3.05) is 17.2 Å².